The normalized spacial score (nSPS) is 14.6. The Kier molecular flexibility index (Phi) is 4.16. The second-order valence-corrected chi connectivity index (χ2v) is 5.93. The summed E-state index contributed by atoms with van der Waals surface area (Å²) < 4.78 is 5.34. The molecule has 0 spiro atoms. The van der Waals surface area contributed by atoms with E-state index in [4.69, 9.17) is 4.52 Å². The molecule has 0 aliphatic carbocycles. The van der Waals surface area contributed by atoms with Crippen LogP contribution in [-0.2, 0) is 0 Å². The van der Waals surface area contributed by atoms with Gasteiger partial charge in [-0.1, -0.05) is 35.5 Å². The number of benzene rings is 1. The fourth-order valence-corrected chi connectivity index (χ4v) is 3.00. The van der Waals surface area contributed by atoms with E-state index >= 15 is 0 Å². The van der Waals surface area contributed by atoms with E-state index in [1.54, 1.807) is 18.5 Å². The van der Waals surface area contributed by atoms with Gasteiger partial charge in [-0.3, -0.25) is 9.78 Å². The van der Waals surface area contributed by atoms with Crippen molar-refractivity contribution in [2.75, 3.05) is 31.1 Å². The predicted octanol–water partition coefficient (Wildman–Crippen LogP) is 2.70. The fraction of sp³-hybridized carbons (Fsp3) is 0.211. The average molecular weight is 334 g/mol. The zero-order chi connectivity index (χ0) is 17.1. The Morgan fingerprint density at radius 3 is 2.40 bits per heavy atom. The van der Waals surface area contributed by atoms with Crippen molar-refractivity contribution in [3.8, 4) is 11.3 Å². The highest BCUT2D eigenvalue weighted by Gasteiger charge is 2.24. The fourth-order valence-electron chi connectivity index (χ4n) is 3.00. The number of hydrogen-bond acceptors (Lipinski definition) is 5. The van der Waals surface area contributed by atoms with Crippen LogP contribution < -0.4 is 4.90 Å². The Balaban J connectivity index is 1.42. The maximum absolute atomic E-state index is 12.7. The summed E-state index contributed by atoms with van der Waals surface area (Å²) in [6.07, 6.45) is 3.57. The number of amides is 1. The molecule has 1 aliphatic heterocycles. The van der Waals surface area contributed by atoms with Crippen molar-refractivity contribution in [1.29, 1.82) is 0 Å². The quantitative estimate of drug-likeness (QED) is 0.737. The number of nitrogens with zero attached hydrogens (tertiary/aromatic N) is 4. The van der Waals surface area contributed by atoms with Crippen LogP contribution in [0.25, 0.3) is 11.3 Å². The summed E-state index contributed by atoms with van der Waals surface area (Å²) >= 11 is 0. The third kappa shape index (κ3) is 3.24. The SMILES string of the molecule is O=C(c1cc(-c2ccccc2)on1)N1CCN(c2ccncc2)CC1. The highest BCUT2D eigenvalue weighted by molar-refractivity contribution is 5.93. The minimum atomic E-state index is -0.0830. The zero-order valence-electron chi connectivity index (χ0n) is 13.7. The summed E-state index contributed by atoms with van der Waals surface area (Å²) in [5, 5.41) is 3.96. The molecule has 1 amide bonds. The number of aromatic nitrogens is 2. The molecule has 6 nitrogen and oxygen atoms in total. The van der Waals surface area contributed by atoms with Crippen molar-refractivity contribution in [3.63, 3.8) is 0 Å². The van der Waals surface area contributed by atoms with Gasteiger partial charge in [-0.15, -0.1) is 0 Å². The van der Waals surface area contributed by atoms with E-state index in [0.29, 0.717) is 24.5 Å². The molecule has 1 aromatic carbocycles. The maximum Gasteiger partial charge on any atom is 0.276 e. The van der Waals surface area contributed by atoms with Gasteiger partial charge in [-0.25, -0.2) is 0 Å². The maximum atomic E-state index is 12.7. The topological polar surface area (TPSA) is 62.5 Å². The predicted molar refractivity (Wildman–Crippen MR) is 94.3 cm³/mol. The summed E-state index contributed by atoms with van der Waals surface area (Å²) in [6, 6.07) is 15.4. The van der Waals surface area contributed by atoms with Gasteiger partial charge in [0, 0.05) is 55.9 Å². The molecule has 2 aromatic heterocycles. The molecular weight excluding hydrogens is 316 g/mol. The van der Waals surface area contributed by atoms with Gasteiger partial charge >= 0.3 is 0 Å². The van der Waals surface area contributed by atoms with Crippen LogP contribution in [0.3, 0.4) is 0 Å². The highest BCUT2D eigenvalue weighted by atomic mass is 16.5. The lowest BCUT2D eigenvalue weighted by atomic mass is 10.1. The number of anilines is 1. The number of carbonyl (C=O) groups excluding carboxylic acids is 1. The van der Waals surface area contributed by atoms with Gasteiger partial charge in [-0.05, 0) is 12.1 Å². The van der Waals surface area contributed by atoms with Crippen LogP contribution in [0.2, 0.25) is 0 Å². The van der Waals surface area contributed by atoms with Gasteiger partial charge in [0.2, 0.25) is 0 Å². The van der Waals surface area contributed by atoms with Gasteiger partial charge in [0.05, 0.1) is 0 Å². The second kappa shape index (κ2) is 6.76. The lowest BCUT2D eigenvalue weighted by molar-refractivity contribution is 0.0736. The molecule has 1 saturated heterocycles. The second-order valence-electron chi connectivity index (χ2n) is 5.93. The summed E-state index contributed by atoms with van der Waals surface area (Å²) in [6.45, 7) is 2.90. The van der Waals surface area contributed by atoms with E-state index in [1.807, 2.05) is 47.4 Å². The lowest BCUT2D eigenvalue weighted by Crippen LogP contribution is -2.48. The standard InChI is InChI=1S/C19H18N4O2/c24-19(17-14-18(25-21-17)15-4-2-1-3-5-15)23-12-10-22(11-13-23)16-6-8-20-9-7-16/h1-9,14H,10-13H2. The first kappa shape index (κ1) is 15.4. The van der Waals surface area contributed by atoms with Crippen molar-refractivity contribution in [2.24, 2.45) is 0 Å². The Hall–Kier alpha value is -3.15. The summed E-state index contributed by atoms with van der Waals surface area (Å²) in [4.78, 5) is 20.8. The molecule has 1 aliphatic rings. The Morgan fingerprint density at radius 1 is 0.960 bits per heavy atom. The average Bonchev–Trinajstić information content (AvgIpc) is 3.19. The molecule has 0 radical (unpaired) electrons. The van der Waals surface area contributed by atoms with E-state index in [0.717, 1.165) is 24.3 Å². The van der Waals surface area contributed by atoms with Crippen LogP contribution in [-0.4, -0.2) is 47.1 Å². The van der Waals surface area contributed by atoms with Crippen LogP contribution in [0.4, 0.5) is 5.69 Å². The molecule has 25 heavy (non-hydrogen) atoms. The highest BCUT2D eigenvalue weighted by Crippen LogP contribution is 2.21. The summed E-state index contributed by atoms with van der Waals surface area (Å²) in [5.74, 6) is 0.527. The number of rotatable bonds is 3. The van der Waals surface area contributed by atoms with Crippen LogP contribution in [0.1, 0.15) is 10.5 Å². The number of carbonyl (C=O) groups is 1. The monoisotopic (exact) mass is 334 g/mol. The number of pyridine rings is 1. The molecule has 6 heteroatoms. The van der Waals surface area contributed by atoms with Crippen molar-refractivity contribution in [3.05, 3.63) is 66.6 Å². The van der Waals surface area contributed by atoms with E-state index in [9.17, 15) is 4.79 Å². The largest absolute Gasteiger partial charge is 0.368 e. The molecule has 0 bridgehead atoms. The third-order valence-corrected chi connectivity index (χ3v) is 4.38. The molecule has 1 fully saturated rings. The Labute approximate surface area is 145 Å². The molecule has 0 N–H and O–H groups in total. The molecular formula is C19H18N4O2. The first-order valence-corrected chi connectivity index (χ1v) is 8.28. The van der Waals surface area contributed by atoms with Crippen LogP contribution in [0.5, 0.6) is 0 Å². The van der Waals surface area contributed by atoms with Crippen molar-refractivity contribution < 1.29 is 9.32 Å². The van der Waals surface area contributed by atoms with Gasteiger partial charge in [0.15, 0.2) is 11.5 Å². The van der Waals surface area contributed by atoms with Gasteiger partial charge in [-0.2, -0.15) is 0 Å². The molecule has 126 valence electrons. The first-order valence-electron chi connectivity index (χ1n) is 8.28. The first-order chi connectivity index (χ1) is 12.3. The van der Waals surface area contributed by atoms with E-state index in [1.165, 1.54) is 0 Å². The van der Waals surface area contributed by atoms with Gasteiger partial charge in [0.1, 0.15) is 0 Å². The van der Waals surface area contributed by atoms with Crippen molar-refractivity contribution in [2.45, 2.75) is 0 Å². The number of piperazine rings is 1. The zero-order valence-corrected chi connectivity index (χ0v) is 13.7. The minimum absolute atomic E-state index is 0.0830. The van der Waals surface area contributed by atoms with Gasteiger partial charge in [0.25, 0.3) is 5.91 Å². The molecule has 0 atom stereocenters. The molecule has 4 rings (SSSR count). The summed E-state index contributed by atoms with van der Waals surface area (Å²) in [7, 11) is 0. The molecule has 0 saturated carbocycles. The summed E-state index contributed by atoms with van der Waals surface area (Å²) in [5.41, 5.74) is 2.41. The third-order valence-electron chi connectivity index (χ3n) is 4.38. The molecule has 3 heterocycles. The lowest BCUT2D eigenvalue weighted by Gasteiger charge is -2.35. The van der Waals surface area contributed by atoms with Crippen molar-refractivity contribution >= 4 is 11.6 Å². The van der Waals surface area contributed by atoms with Crippen LogP contribution >= 0.6 is 0 Å². The number of hydrogen-bond donors (Lipinski definition) is 0. The smallest absolute Gasteiger partial charge is 0.276 e. The van der Waals surface area contributed by atoms with E-state index in [-0.39, 0.29) is 5.91 Å². The minimum Gasteiger partial charge on any atom is -0.368 e. The Bertz CT molecular complexity index is 840. The van der Waals surface area contributed by atoms with Gasteiger partial charge < -0.3 is 14.3 Å². The van der Waals surface area contributed by atoms with Crippen molar-refractivity contribution in [1.82, 2.24) is 15.0 Å². The van der Waals surface area contributed by atoms with E-state index in [2.05, 4.69) is 15.0 Å². The van der Waals surface area contributed by atoms with Crippen LogP contribution in [0.15, 0.2) is 65.4 Å². The van der Waals surface area contributed by atoms with Crippen LogP contribution in [0, 0.1) is 0 Å². The van der Waals surface area contributed by atoms with E-state index < -0.39 is 0 Å². The molecule has 3 aromatic rings. The Morgan fingerprint density at radius 2 is 1.68 bits per heavy atom. The molecule has 0 unspecified atom stereocenters.